The van der Waals surface area contributed by atoms with Crippen molar-refractivity contribution in [2.24, 2.45) is 5.10 Å². The zero-order valence-corrected chi connectivity index (χ0v) is 3.92. The lowest BCUT2D eigenvalue weighted by molar-refractivity contribution is -0.168. The Balaban J connectivity index is 2.98. The van der Waals surface area contributed by atoms with Gasteiger partial charge in [0.15, 0.2) is 0 Å². The Labute approximate surface area is 41.0 Å². The van der Waals surface area contributed by atoms with Crippen molar-refractivity contribution in [2.75, 3.05) is 7.05 Å². The highest BCUT2D eigenvalue weighted by Crippen LogP contribution is 1.77. The van der Waals surface area contributed by atoms with Crippen molar-refractivity contribution in [2.45, 2.75) is 0 Å². The van der Waals surface area contributed by atoms with Crippen LogP contribution in [0, 0.1) is 5.21 Å². The zero-order chi connectivity index (χ0) is 5.70. The molecule has 0 aromatic carbocycles. The van der Waals surface area contributed by atoms with Crippen molar-refractivity contribution < 1.29 is 4.94 Å². The molecule has 0 saturated carbocycles. The van der Waals surface area contributed by atoms with Crippen LogP contribution in [0.4, 0.5) is 0 Å². The van der Waals surface area contributed by atoms with Crippen molar-refractivity contribution in [3.8, 4) is 0 Å². The first kappa shape index (κ1) is 6.35. The van der Waals surface area contributed by atoms with E-state index in [0.29, 0.717) is 0 Å². The molecule has 42 valence electrons. The Morgan fingerprint density at radius 1 is 2.00 bits per heavy atom. The fourth-order valence-corrected chi connectivity index (χ4v) is 0.107. The molecule has 7 heavy (non-hydrogen) atoms. The number of rotatable bonds is 3. The Hall–Kier alpha value is -0.650. The maximum Gasteiger partial charge on any atom is 0.0124 e. The molecular weight excluding hydrogens is 98.0 g/mol. The maximum absolute atomic E-state index is 9.81. The first-order chi connectivity index (χ1) is 3.31. The molecule has 0 aromatic rings. The van der Waals surface area contributed by atoms with Gasteiger partial charge in [-0.1, -0.05) is 0 Å². The smallest absolute Gasteiger partial charge is 0.0124 e. The van der Waals surface area contributed by atoms with E-state index in [9.17, 15) is 5.21 Å². The summed E-state index contributed by atoms with van der Waals surface area (Å²) in [4.78, 5) is 3.99. The zero-order valence-electron chi connectivity index (χ0n) is 3.92. The highest BCUT2D eigenvalue weighted by atomic mass is 17.0. The van der Waals surface area contributed by atoms with Crippen LogP contribution >= 0.6 is 0 Å². The van der Waals surface area contributed by atoms with Crippen LogP contribution in [0.15, 0.2) is 5.10 Å². The molecule has 0 atom stereocenters. The summed E-state index contributed by atoms with van der Waals surface area (Å²) >= 11 is 0. The van der Waals surface area contributed by atoms with E-state index in [2.05, 4.69) is 22.2 Å². The third kappa shape index (κ3) is 3.17. The standard InChI is InChI=1S/C2H6N3O2/c1-3-5(6)7-4-2/h4H,1H2,2H3/q-1. The van der Waals surface area contributed by atoms with Gasteiger partial charge < -0.3 is 5.21 Å². The molecule has 5 nitrogen and oxygen atoms in total. The van der Waals surface area contributed by atoms with Gasteiger partial charge in [0.05, 0.1) is 0 Å². The number of hydroxylamine groups is 1. The van der Waals surface area contributed by atoms with Crippen LogP contribution in [0.3, 0.4) is 0 Å². The fourth-order valence-electron chi connectivity index (χ4n) is 0.107. The monoisotopic (exact) mass is 104 g/mol. The SMILES string of the molecule is C=NN([O-])ONC. The Bertz CT molecular complexity index is 56.9. The van der Waals surface area contributed by atoms with Crippen LogP contribution in [-0.2, 0) is 4.94 Å². The molecule has 0 aromatic heterocycles. The van der Waals surface area contributed by atoms with Crippen LogP contribution in [0.5, 0.6) is 0 Å². The molecule has 0 unspecified atom stereocenters. The molecule has 0 spiro atoms. The molecule has 5 heteroatoms. The lowest BCUT2D eigenvalue weighted by atomic mass is 11.6. The van der Waals surface area contributed by atoms with Crippen molar-refractivity contribution >= 4 is 6.72 Å². The number of hydrazone groups is 1. The van der Waals surface area contributed by atoms with Gasteiger partial charge >= 0.3 is 0 Å². The lowest BCUT2D eigenvalue weighted by Crippen LogP contribution is -2.18. The quantitative estimate of drug-likeness (QED) is 0.386. The van der Waals surface area contributed by atoms with Gasteiger partial charge in [-0.3, -0.25) is 0 Å². The van der Waals surface area contributed by atoms with Crippen LogP contribution < -0.4 is 5.48 Å². The summed E-state index contributed by atoms with van der Waals surface area (Å²) in [6.45, 7) is 2.88. The molecule has 0 radical (unpaired) electrons. The van der Waals surface area contributed by atoms with Crippen LogP contribution in [-0.4, -0.2) is 19.1 Å². The van der Waals surface area contributed by atoms with Gasteiger partial charge in [0.1, 0.15) is 0 Å². The minimum absolute atomic E-state index is 0.0417. The number of nitrogens with zero attached hydrogens (tertiary/aromatic N) is 2. The van der Waals surface area contributed by atoms with E-state index in [-0.39, 0.29) is 5.34 Å². The first-order valence-corrected chi connectivity index (χ1v) is 1.59. The molecule has 0 heterocycles. The predicted molar refractivity (Wildman–Crippen MR) is 24.9 cm³/mol. The van der Waals surface area contributed by atoms with Gasteiger partial charge in [-0.25, -0.2) is 5.34 Å². The largest absolute Gasteiger partial charge is 0.715 e. The van der Waals surface area contributed by atoms with Crippen LogP contribution in [0.2, 0.25) is 0 Å². The predicted octanol–water partition coefficient (Wildman–Crippen LogP) is -0.532. The average Bonchev–Trinajstić information content (AvgIpc) is 1.68. The second-order valence-electron chi connectivity index (χ2n) is 0.675. The van der Waals surface area contributed by atoms with E-state index in [4.69, 9.17) is 0 Å². The molecule has 0 aliphatic carbocycles. The maximum atomic E-state index is 9.81. The molecule has 0 amide bonds. The van der Waals surface area contributed by atoms with Crippen LogP contribution in [0.25, 0.3) is 0 Å². The lowest BCUT2D eigenvalue weighted by Gasteiger charge is -2.19. The number of hydrogen-bond acceptors (Lipinski definition) is 5. The van der Waals surface area contributed by atoms with Crippen molar-refractivity contribution in [1.82, 2.24) is 10.8 Å². The summed E-state index contributed by atoms with van der Waals surface area (Å²) in [5.41, 5.74) is 2.10. The second-order valence-corrected chi connectivity index (χ2v) is 0.675. The minimum Gasteiger partial charge on any atom is -0.715 e. The van der Waals surface area contributed by atoms with Gasteiger partial charge in [-0.15, -0.1) is 0 Å². The third-order valence-corrected chi connectivity index (χ3v) is 0.285. The van der Waals surface area contributed by atoms with Crippen molar-refractivity contribution in [3.05, 3.63) is 5.21 Å². The number of nitrogens with one attached hydrogen (secondary N) is 1. The first-order valence-electron chi connectivity index (χ1n) is 1.59. The Morgan fingerprint density at radius 3 is 2.71 bits per heavy atom. The van der Waals surface area contributed by atoms with E-state index in [1.165, 1.54) is 7.05 Å². The minimum atomic E-state index is -0.0417. The molecule has 0 aliphatic heterocycles. The molecule has 0 saturated heterocycles. The van der Waals surface area contributed by atoms with E-state index in [1.807, 2.05) is 0 Å². The normalized spacial score (nSPS) is 8.29. The summed E-state index contributed by atoms with van der Waals surface area (Å²) in [5.74, 6) is 0. The highest BCUT2D eigenvalue weighted by molar-refractivity contribution is 5.22. The van der Waals surface area contributed by atoms with Crippen molar-refractivity contribution in [3.63, 3.8) is 0 Å². The average molecular weight is 104 g/mol. The number of hydrogen-bond donors (Lipinski definition) is 1. The summed E-state index contributed by atoms with van der Waals surface area (Å²) < 4.78 is 0. The molecule has 0 fully saturated rings. The summed E-state index contributed by atoms with van der Waals surface area (Å²) in [6, 6.07) is 0. The van der Waals surface area contributed by atoms with E-state index in [0.717, 1.165) is 0 Å². The third-order valence-electron chi connectivity index (χ3n) is 0.285. The van der Waals surface area contributed by atoms with E-state index in [1.54, 1.807) is 0 Å². The summed E-state index contributed by atoms with van der Waals surface area (Å²) in [7, 11) is 1.44. The fraction of sp³-hybridized carbons (Fsp3) is 0.500. The molecule has 0 aliphatic rings. The van der Waals surface area contributed by atoms with Gasteiger partial charge in [0.25, 0.3) is 0 Å². The molecule has 0 bridgehead atoms. The Morgan fingerprint density at radius 2 is 2.57 bits per heavy atom. The molecule has 1 N–H and O–H groups in total. The van der Waals surface area contributed by atoms with E-state index >= 15 is 0 Å². The van der Waals surface area contributed by atoms with E-state index < -0.39 is 0 Å². The van der Waals surface area contributed by atoms with Gasteiger partial charge in [0.2, 0.25) is 0 Å². The summed E-state index contributed by atoms with van der Waals surface area (Å²) in [5, 5.41) is 12.6. The topological polar surface area (TPSA) is 59.9 Å². The molecule has 0 rings (SSSR count). The van der Waals surface area contributed by atoms with Gasteiger partial charge in [-0.2, -0.15) is 15.5 Å². The van der Waals surface area contributed by atoms with Crippen LogP contribution in [0.1, 0.15) is 0 Å². The van der Waals surface area contributed by atoms with Gasteiger partial charge in [-0.05, 0) is 0 Å². The summed E-state index contributed by atoms with van der Waals surface area (Å²) in [6.07, 6.45) is 0. The second kappa shape index (κ2) is 3.54. The van der Waals surface area contributed by atoms with Gasteiger partial charge in [0, 0.05) is 13.8 Å². The molecular formula is C2H6N3O2-. The van der Waals surface area contributed by atoms with Crippen molar-refractivity contribution in [1.29, 1.82) is 0 Å². The highest BCUT2D eigenvalue weighted by Gasteiger charge is 1.72. The Kier molecular flexibility index (Phi) is 3.21.